The highest BCUT2D eigenvalue weighted by molar-refractivity contribution is 5.95. The number of aromatic carboxylic acids is 1. The molecule has 0 aliphatic carbocycles. The lowest BCUT2D eigenvalue weighted by Gasteiger charge is -2.07. The minimum absolute atomic E-state index is 0.0389. The van der Waals surface area contributed by atoms with E-state index in [1.54, 1.807) is 36.4 Å². The molecule has 2 aromatic carbocycles. The first-order valence-electron chi connectivity index (χ1n) is 5.69. The summed E-state index contributed by atoms with van der Waals surface area (Å²) in [6.45, 7) is 1.91. The third kappa shape index (κ3) is 2.98. The van der Waals surface area contributed by atoms with Gasteiger partial charge in [-0.3, -0.25) is 0 Å². The molecule has 96 valence electrons. The number of carboxylic acids is 1. The highest BCUT2D eigenvalue weighted by Crippen LogP contribution is 2.19. The molecule has 0 fully saturated rings. The molecular weight excluding hydrogens is 244 g/mol. The Kier molecular flexibility index (Phi) is 3.61. The molecule has 0 amide bonds. The van der Waals surface area contributed by atoms with Crippen LogP contribution in [-0.4, -0.2) is 17.0 Å². The minimum atomic E-state index is -1.13. The molecule has 0 unspecified atom stereocenters. The number of para-hydroxylation sites is 1. The lowest BCUT2D eigenvalue weighted by Crippen LogP contribution is -2.11. The molecule has 0 atom stereocenters. The van der Waals surface area contributed by atoms with Crippen molar-refractivity contribution in [2.75, 3.05) is 0 Å². The van der Waals surface area contributed by atoms with E-state index >= 15 is 0 Å². The van der Waals surface area contributed by atoms with Crippen LogP contribution in [0.4, 0.5) is 0 Å². The van der Waals surface area contributed by atoms with Crippen LogP contribution in [-0.2, 0) is 0 Å². The first-order chi connectivity index (χ1) is 9.08. The number of carbonyl (C=O) groups is 2. The van der Waals surface area contributed by atoms with Crippen LogP contribution in [0.1, 0.15) is 26.3 Å². The number of hydrogen-bond acceptors (Lipinski definition) is 3. The van der Waals surface area contributed by atoms with E-state index in [4.69, 9.17) is 9.84 Å². The zero-order chi connectivity index (χ0) is 13.8. The Labute approximate surface area is 110 Å². The van der Waals surface area contributed by atoms with Crippen LogP contribution in [0.25, 0.3) is 0 Å². The van der Waals surface area contributed by atoms with Gasteiger partial charge in [0.2, 0.25) is 0 Å². The molecule has 0 spiro atoms. The van der Waals surface area contributed by atoms with Crippen molar-refractivity contribution in [1.82, 2.24) is 0 Å². The SMILES string of the molecule is Cc1ccc(C(=O)Oc2ccccc2C(=O)O)cc1. The summed E-state index contributed by atoms with van der Waals surface area (Å²) in [5, 5.41) is 8.99. The van der Waals surface area contributed by atoms with Gasteiger partial charge in [-0.05, 0) is 31.2 Å². The minimum Gasteiger partial charge on any atom is -0.478 e. The van der Waals surface area contributed by atoms with Gasteiger partial charge in [0.25, 0.3) is 0 Å². The van der Waals surface area contributed by atoms with Crippen molar-refractivity contribution in [2.45, 2.75) is 6.92 Å². The lowest BCUT2D eigenvalue weighted by atomic mass is 10.1. The first kappa shape index (κ1) is 12.8. The maximum atomic E-state index is 11.9. The zero-order valence-electron chi connectivity index (χ0n) is 10.3. The second-order valence-corrected chi connectivity index (χ2v) is 4.06. The third-order valence-corrected chi connectivity index (χ3v) is 2.61. The average Bonchev–Trinajstić information content (AvgIpc) is 2.39. The van der Waals surface area contributed by atoms with E-state index in [1.165, 1.54) is 12.1 Å². The van der Waals surface area contributed by atoms with Crippen LogP contribution in [0.2, 0.25) is 0 Å². The van der Waals surface area contributed by atoms with Crippen LogP contribution in [0.5, 0.6) is 5.75 Å². The number of esters is 1. The lowest BCUT2D eigenvalue weighted by molar-refractivity contribution is 0.0681. The van der Waals surface area contributed by atoms with E-state index in [-0.39, 0.29) is 11.3 Å². The molecule has 4 nitrogen and oxygen atoms in total. The van der Waals surface area contributed by atoms with Crippen LogP contribution < -0.4 is 4.74 Å². The monoisotopic (exact) mass is 256 g/mol. The number of carboxylic acid groups (broad SMARTS) is 1. The Morgan fingerprint density at radius 3 is 2.26 bits per heavy atom. The largest absolute Gasteiger partial charge is 0.478 e. The molecule has 0 heterocycles. The van der Waals surface area contributed by atoms with Gasteiger partial charge in [0.15, 0.2) is 0 Å². The molecular formula is C15H12O4. The second-order valence-electron chi connectivity index (χ2n) is 4.06. The summed E-state index contributed by atoms with van der Waals surface area (Å²) >= 11 is 0. The van der Waals surface area contributed by atoms with Gasteiger partial charge >= 0.3 is 11.9 Å². The van der Waals surface area contributed by atoms with Crippen LogP contribution in [0.3, 0.4) is 0 Å². The van der Waals surface area contributed by atoms with Crippen molar-refractivity contribution >= 4 is 11.9 Å². The van der Waals surface area contributed by atoms with Gasteiger partial charge < -0.3 is 9.84 Å². The fraction of sp³-hybridized carbons (Fsp3) is 0.0667. The first-order valence-corrected chi connectivity index (χ1v) is 5.69. The highest BCUT2D eigenvalue weighted by Gasteiger charge is 2.14. The van der Waals surface area contributed by atoms with Gasteiger partial charge in [0.05, 0.1) is 5.56 Å². The Bertz CT molecular complexity index is 614. The highest BCUT2D eigenvalue weighted by atomic mass is 16.5. The number of rotatable bonds is 3. The summed E-state index contributed by atoms with van der Waals surface area (Å²) < 4.78 is 5.11. The second kappa shape index (κ2) is 5.35. The molecule has 19 heavy (non-hydrogen) atoms. The molecule has 2 rings (SSSR count). The van der Waals surface area contributed by atoms with E-state index in [1.807, 2.05) is 6.92 Å². The van der Waals surface area contributed by atoms with Gasteiger partial charge in [-0.1, -0.05) is 29.8 Å². The van der Waals surface area contributed by atoms with E-state index in [0.29, 0.717) is 5.56 Å². The molecule has 0 saturated heterocycles. The number of carbonyl (C=O) groups excluding carboxylic acids is 1. The topological polar surface area (TPSA) is 63.6 Å². The maximum Gasteiger partial charge on any atom is 0.343 e. The van der Waals surface area contributed by atoms with Crippen LogP contribution in [0, 0.1) is 6.92 Å². The van der Waals surface area contributed by atoms with Gasteiger partial charge in [-0.2, -0.15) is 0 Å². The third-order valence-electron chi connectivity index (χ3n) is 2.61. The van der Waals surface area contributed by atoms with Gasteiger partial charge in [0, 0.05) is 0 Å². The van der Waals surface area contributed by atoms with Crippen molar-refractivity contribution in [3.63, 3.8) is 0 Å². The number of hydrogen-bond donors (Lipinski definition) is 1. The molecule has 0 aliphatic heterocycles. The summed E-state index contributed by atoms with van der Waals surface area (Å²) in [6, 6.07) is 12.9. The van der Waals surface area contributed by atoms with Crippen molar-refractivity contribution in [2.24, 2.45) is 0 Å². The summed E-state index contributed by atoms with van der Waals surface area (Å²) in [6.07, 6.45) is 0. The summed E-state index contributed by atoms with van der Waals surface area (Å²) in [5.74, 6) is -1.67. The van der Waals surface area contributed by atoms with Crippen molar-refractivity contribution in [3.05, 3.63) is 65.2 Å². The molecule has 0 saturated carbocycles. The fourth-order valence-electron chi connectivity index (χ4n) is 1.58. The summed E-state index contributed by atoms with van der Waals surface area (Å²) in [5.41, 5.74) is 1.37. The van der Waals surface area contributed by atoms with Gasteiger partial charge in [-0.25, -0.2) is 9.59 Å². The van der Waals surface area contributed by atoms with Crippen molar-refractivity contribution in [3.8, 4) is 5.75 Å². The zero-order valence-corrected chi connectivity index (χ0v) is 10.3. The van der Waals surface area contributed by atoms with E-state index in [2.05, 4.69) is 0 Å². The molecule has 0 aromatic heterocycles. The Balaban J connectivity index is 2.24. The van der Waals surface area contributed by atoms with E-state index in [9.17, 15) is 9.59 Å². The Morgan fingerprint density at radius 2 is 1.63 bits per heavy atom. The molecule has 0 radical (unpaired) electrons. The van der Waals surface area contributed by atoms with Gasteiger partial charge in [0.1, 0.15) is 11.3 Å². The standard InChI is InChI=1S/C15H12O4/c1-10-6-8-11(9-7-10)15(18)19-13-5-3-2-4-12(13)14(16)17/h2-9H,1H3,(H,16,17). The molecule has 0 bridgehead atoms. The smallest absolute Gasteiger partial charge is 0.343 e. The van der Waals surface area contributed by atoms with Crippen LogP contribution >= 0.6 is 0 Å². The molecule has 4 heteroatoms. The van der Waals surface area contributed by atoms with Crippen molar-refractivity contribution in [1.29, 1.82) is 0 Å². The van der Waals surface area contributed by atoms with Crippen molar-refractivity contribution < 1.29 is 19.4 Å². The van der Waals surface area contributed by atoms with E-state index in [0.717, 1.165) is 5.56 Å². The Hall–Kier alpha value is -2.62. The summed E-state index contributed by atoms with van der Waals surface area (Å²) in [4.78, 5) is 22.9. The van der Waals surface area contributed by atoms with E-state index < -0.39 is 11.9 Å². The number of aryl methyl sites for hydroxylation is 1. The molecule has 0 aliphatic rings. The average molecular weight is 256 g/mol. The summed E-state index contributed by atoms with van der Waals surface area (Å²) in [7, 11) is 0. The maximum absolute atomic E-state index is 11.9. The molecule has 1 N–H and O–H groups in total. The quantitative estimate of drug-likeness (QED) is 0.677. The predicted octanol–water partition coefficient (Wildman–Crippen LogP) is 2.91. The molecule has 2 aromatic rings. The fourth-order valence-corrected chi connectivity index (χ4v) is 1.58. The number of ether oxygens (including phenoxy) is 1. The Morgan fingerprint density at radius 1 is 1.00 bits per heavy atom. The van der Waals surface area contributed by atoms with Crippen LogP contribution in [0.15, 0.2) is 48.5 Å². The predicted molar refractivity (Wildman–Crippen MR) is 69.5 cm³/mol. The normalized spacial score (nSPS) is 9.95. The van der Waals surface area contributed by atoms with Gasteiger partial charge in [-0.15, -0.1) is 0 Å². The number of benzene rings is 2.